The van der Waals surface area contributed by atoms with E-state index < -0.39 is 0 Å². The standard InChI is InChI=1S/C16H21NO2/c1-3-4-5-10-17-16(19)15-9-8-13(2)14(12-15)7-6-11-18/h8-9,12,18H,3-5,10-11H2,1-2H3,(H,17,19). The molecule has 3 heteroatoms. The van der Waals surface area contributed by atoms with Gasteiger partial charge in [0.1, 0.15) is 6.61 Å². The first-order valence-electron chi connectivity index (χ1n) is 6.67. The van der Waals surface area contributed by atoms with Crippen LogP contribution in [0.1, 0.15) is 47.7 Å². The monoisotopic (exact) mass is 259 g/mol. The number of carbonyl (C=O) groups is 1. The Labute approximate surface area is 115 Å². The highest BCUT2D eigenvalue weighted by Crippen LogP contribution is 2.10. The Kier molecular flexibility index (Phi) is 6.70. The van der Waals surface area contributed by atoms with Crippen LogP contribution in [0.25, 0.3) is 0 Å². The minimum Gasteiger partial charge on any atom is -0.384 e. The first-order valence-corrected chi connectivity index (χ1v) is 6.67. The van der Waals surface area contributed by atoms with Crippen LogP contribution in [0.3, 0.4) is 0 Å². The molecule has 1 aromatic rings. The van der Waals surface area contributed by atoms with Crippen molar-refractivity contribution in [2.24, 2.45) is 0 Å². The molecule has 1 aromatic carbocycles. The summed E-state index contributed by atoms with van der Waals surface area (Å²) in [6, 6.07) is 5.45. The van der Waals surface area contributed by atoms with Crippen LogP contribution in [0.15, 0.2) is 18.2 Å². The van der Waals surface area contributed by atoms with Gasteiger partial charge in [0.2, 0.25) is 0 Å². The zero-order valence-electron chi connectivity index (χ0n) is 11.6. The number of amides is 1. The van der Waals surface area contributed by atoms with Crippen LogP contribution in [0.2, 0.25) is 0 Å². The van der Waals surface area contributed by atoms with Gasteiger partial charge in [-0.1, -0.05) is 37.7 Å². The van der Waals surface area contributed by atoms with Crippen molar-refractivity contribution in [3.8, 4) is 11.8 Å². The lowest BCUT2D eigenvalue weighted by Gasteiger charge is -2.06. The van der Waals surface area contributed by atoms with Gasteiger partial charge in [0.25, 0.3) is 5.91 Å². The molecule has 2 N–H and O–H groups in total. The maximum Gasteiger partial charge on any atom is 0.251 e. The average molecular weight is 259 g/mol. The van der Waals surface area contributed by atoms with E-state index in [2.05, 4.69) is 24.1 Å². The van der Waals surface area contributed by atoms with E-state index in [4.69, 9.17) is 5.11 Å². The third-order valence-corrected chi connectivity index (χ3v) is 2.87. The molecule has 0 spiro atoms. The van der Waals surface area contributed by atoms with Gasteiger partial charge in [-0.2, -0.15) is 0 Å². The van der Waals surface area contributed by atoms with Crippen molar-refractivity contribution >= 4 is 5.91 Å². The molecule has 0 bridgehead atoms. The zero-order valence-corrected chi connectivity index (χ0v) is 11.6. The van der Waals surface area contributed by atoms with E-state index in [9.17, 15) is 4.79 Å². The van der Waals surface area contributed by atoms with Gasteiger partial charge in [-0.05, 0) is 31.0 Å². The first kappa shape index (κ1) is 15.3. The quantitative estimate of drug-likeness (QED) is 0.629. The fraction of sp³-hybridized carbons (Fsp3) is 0.438. The Balaban J connectivity index is 2.70. The Bertz CT molecular complexity index is 483. The summed E-state index contributed by atoms with van der Waals surface area (Å²) in [7, 11) is 0. The molecule has 1 rings (SSSR count). The second-order valence-corrected chi connectivity index (χ2v) is 4.45. The van der Waals surface area contributed by atoms with Crippen LogP contribution in [0, 0.1) is 18.8 Å². The van der Waals surface area contributed by atoms with Crippen molar-refractivity contribution in [2.45, 2.75) is 33.1 Å². The second kappa shape index (κ2) is 8.34. The summed E-state index contributed by atoms with van der Waals surface area (Å²) in [6.45, 7) is 4.60. The van der Waals surface area contributed by atoms with Gasteiger partial charge in [0, 0.05) is 17.7 Å². The largest absolute Gasteiger partial charge is 0.384 e. The van der Waals surface area contributed by atoms with Crippen LogP contribution in [-0.4, -0.2) is 24.2 Å². The molecule has 0 heterocycles. The van der Waals surface area contributed by atoms with E-state index in [0.717, 1.165) is 30.4 Å². The topological polar surface area (TPSA) is 49.3 Å². The third-order valence-electron chi connectivity index (χ3n) is 2.87. The lowest BCUT2D eigenvalue weighted by atomic mass is 10.0. The lowest BCUT2D eigenvalue weighted by molar-refractivity contribution is 0.0953. The SMILES string of the molecule is CCCCCNC(=O)c1ccc(C)c(C#CCO)c1. The number of hydrogen-bond acceptors (Lipinski definition) is 2. The fourth-order valence-corrected chi connectivity index (χ4v) is 1.71. The molecule has 0 radical (unpaired) electrons. The van der Waals surface area contributed by atoms with Crippen molar-refractivity contribution in [1.29, 1.82) is 0 Å². The highest BCUT2D eigenvalue weighted by Gasteiger charge is 2.06. The van der Waals surface area contributed by atoms with Crippen molar-refractivity contribution < 1.29 is 9.90 Å². The number of benzene rings is 1. The van der Waals surface area contributed by atoms with Crippen molar-refractivity contribution in [3.63, 3.8) is 0 Å². The summed E-state index contributed by atoms with van der Waals surface area (Å²) in [5.74, 6) is 5.39. The Morgan fingerprint density at radius 2 is 2.16 bits per heavy atom. The fourth-order valence-electron chi connectivity index (χ4n) is 1.71. The minimum atomic E-state index is -0.174. The summed E-state index contributed by atoms with van der Waals surface area (Å²) in [6.07, 6.45) is 3.27. The van der Waals surface area contributed by atoms with E-state index in [1.54, 1.807) is 12.1 Å². The molecule has 0 unspecified atom stereocenters. The molecule has 3 nitrogen and oxygen atoms in total. The van der Waals surface area contributed by atoms with Crippen LogP contribution in [0.4, 0.5) is 0 Å². The molecule has 0 fully saturated rings. The van der Waals surface area contributed by atoms with E-state index in [1.807, 2.05) is 13.0 Å². The first-order chi connectivity index (χ1) is 9.19. The smallest absolute Gasteiger partial charge is 0.251 e. The van der Waals surface area contributed by atoms with Gasteiger partial charge in [-0.15, -0.1) is 0 Å². The number of unbranched alkanes of at least 4 members (excludes halogenated alkanes) is 2. The van der Waals surface area contributed by atoms with Crippen LogP contribution < -0.4 is 5.32 Å². The maximum absolute atomic E-state index is 11.9. The molecule has 0 atom stereocenters. The molecule has 0 aliphatic rings. The Morgan fingerprint density at radius 3 is 2.84 bits per heavy atom. The van der Waals surface area contributed by atoms with Crippen LogP contribution >= 0.6 is 0 Å². The number of aryl methyl sites for hydroxylation is 1. The summed E-state index contributed by atoms with van der Waals surface area (Å²) >= 11 is 0. The van der Waals surface area contributed by atoms with Gasteiger partial charge >= 0.3 is 0 Å². The molecular weight excluding hydrogens is 238 g/mol. The molecule has 19 heavy (non-hydrogen) atoms. The van der Waals surface area contributed by atoms with Crippen molar-refractivity contribution in [3.05, 3.63) is 34.9 Å². The van der Waals surface area contributed by atoms with E-state index >= 15 is 0 Å². The van der Waals surface area contributed by atoms with E-state index in [1.165, 1.54) is 0 Å². The van der Waals surface area contributed by atoms with Crippen molar-refractivity contribution in [1.82, 2.24) is 5.32 Å². The summed E-state index contributed by atoms with van der Waals surface area (Å²) < 4.78 is 0. The van der Waals surface area contributed by atoms with Gasteiger partial charge in [-0.3, -0.25) is 4.79 Å². The summed E-state index contributed by atoms with van der Waals surface area (Å²) in [5.41, 5.74) is 2.41. The molecule has 0 aliphatic heterocycles. The molecule has 0 aliphatic carbocycles. The normalized spacial score (nSPS) is 9.63. The molecule has 0 saturated heterocycles. The number of aliphatic hydroxyl groups is 1. The highest BCUT2D eigenvalue weighted by atomic mass is 16.2. The third kappa shape index (κ3) is 5.15. The highest BCUT2D eigenvalue weighted by molar-refractivity contribution is 5.94. The number of aliphatic hydroxyl groups excluding tert-OH is 1. The van der Waals surface area contributed by atoms with E-state index in [0.29, 0.717) is 12.1 Å². The van der Waals surface area contributed by atoms with Crippen LogP contribution in [-0.2, 0) is 0 Å². The number of carbonyl (C=O) groups excluding carboxylic acids is 1. The van der Waals surface area contributed by atoms with E-state index in [-0.39, 0.29) is 12.5 Å². The molecular formula is C16H21NO2. The predicted octanol–water partition coefficient (Wildman–Crippen LogP) is 2.26. The van der Waals surface area contributed by atoms with Gasteiger partial charge in [0.15, 0.2) is 0 Å². The molecule has 1 amide bonds. The predicted molar refractivity (Wildman–Crippen MR) is 77.0 cm³/mol. The maximum atomic E-state index is 11.9. The van der Waals surface area contributed by atoms with Gasteiger partial charge < -0.3 is 10.4 Å². The summed E-state index contributed by atoms with van der Waals surface area (Å²) in [4.78, 5) is 11.9. The minimum absolute atomic E-state index is 0.0665. The Morgan fingerprint density at radius 1 is 1.37 bits per heavy atom. The summed E-state index contributed by atoms with van der Waals surface area (Å²) in [5, 5.41) is 11.6. The number of nitrogens with one attached hydrogen (secondary N) is 1. The molecule has 102 valence electrons. The van der Waals surface area contributed by atoms with Gasteiger partial charge in [-0.25, -0.2) is 0 Å². The molecule has 0 saturated carbocycles. The number of rotatable bonds is 5. The van der Waals surface area contributed by atoms with Crippen LogP contribution in [0.5, 0.6) is 0 Å². The lowest BCUT2D eigenvalue weighted by Crippen LogP contribution is -2.24. The molecule has 0 aromatic heterocycles. The second-order valence-electron chi connectivity index (χ2n) is 4.45. The zero-order chi connectivity index (χ0) is 14.1. The Hall–Kier alpha value is -1.79. The van der Waals surface area contributed by atoms with Crippen molar-refractivity contribution in [2.75, 3.05) is 13.2 Å². The van der Waals surface area contributed by atoms with Gasteiger partial charge in [0.05, 0.1) is 0 Å². The number of hydrogen-bond donors (Lipinski definition) is 2. The average Bonchev–Trinajstić information content (AvgIpc) is 2.42.